The molecular weight excluding hydrogens is 236 g/mol. The molecule has 96 valence electrons. The van der Waals surface area contributed by atoms with Crippen LogP contribution in [0.1, 0.15) is 23.7 Å². The smallest absolute Gasteiger partial charge is 0.341 e. The summed E-state index contributed by atoms with van der Waals surface area (Å²) in [4.78, 5) is 39.2. The van der Waals surface area contributed by atoms with E-state index in [9.17, 15) is 14.4 Å². The van der Waals surface area contributed by atoms with Crippen LogP contribution in [0.3, 0.4) is 0 Å². The maximum atomic E-state index is 11.7. The Bertz CT molecular complexity index is 485. The Balaban J connectivity index is 3.05. The first-order chi connectivity index (χ1) is 8.47. The number of amides is 1. The first-order valence-electron chi connectivity index (χ1n) is 5.25. The molecule has 0 aliphatic rings. The van der Waals surface area contributed by atoms with Crippen LogP contribution in [0.5, 0.6) is 0 Å². The lowest BCUT2D eigenvalue weighted by Gasteiger charge is -2.18. The summed E-state index contributed by atoms with van der Waals surface area (Å²) in [5, 5.41) is 0. The zero-order valence-corrected chi connectivity index (χ0v) is 10.5. The first kappa shape index (κ1) is 13.8. The summed E-state index contributed by atoms with van der Waals surface area (Å²) in [6.07, 6.45) is 2.57. The van der Waals surface area contributed by atoms with Gasteiger partial charge >= 0.3 is 5.97 Å². The van der Waals surface area contributed by atoms with Gasteiger partial charge in [0.05, 0.1) is 19.2 Å². The molecule has 6 nitrogen and oxygen atoms in total. The van der Waals surface area contributed by atoms with Gasteiger partial charge in [-0.1, -0.05) is 0 Å². The van der Waals surface area contributed by atoms with Crippen LogP contribution < -0.4 is 4.90 Å². The number of carbonyl (C=O) groups excluding carboxylic acids is 3. The van der Waals surface area contributed by atoms with Crippen LogP contribution in [0.2, 0.25) is 0 Å². The molecule has 0 N–H and O–H groups in total. The number of hydrogen-bond acceptors (Lipinski definition) is 5. The van der Waals surface area contributed by atoms with Gasteiger partial charge in [0.15, 0.2) is 0 Å². The first-order valence-corrected chi connectivity index (χ1v) is 5.25. The standard InChI is InChI=1S/C12H14N2O4/c1-8(15)6-11(16)14(2)10-4-5-13-7-9(10)12(17)18-3/h4-5,7H,6H2,1-3H3. The molecule has 0 saturated carbocycles. The molecule has 1 amide bonds. The molecule has 1 aromatic heterocycles. The average Bonchev–Trinajstić information content (AvgIpc) is 2.36. The van der Waals surface area contributed by atoms with Crippen molar-refractivity contribution in [2.24, 2.45) is 0 Å². The molecule has 0 aliphatic carbocycles. The fraction of sp³-hybridized carbons (Fsp3) is 0.333. The molecule has 0 spiro atoms. The number of Topliss-reactive ketones (excluding diaryl/α,β-unsaturated/α-hetero) is 1. The number of ketones is 1. The number of aromatic nitrogens is 1. The molecule has 0 atom stereocenters. The highest BCUT2D eigenvalue weighted by Crippen LogP contribution is 2.19. The van der Waals surface area contributed by atoms with E-state index >= 15 is 0 Å². The van der Waals surface area contributed by atoms with Crippen LogP contribution >= 0.6 is 0 Å². The Labute approximate surface area is 105 Å². The SMILES string of the molecule is COC(=O)c1cnccc1N(C)C(=O)CC(C)=O. The van der Waals surface area contributed by atoms with Gasteiger partial charge in [0.2, 0.25) is 5.91 Å². The van der Waals surface area contributed by atoms with Gasteiger partial charge in [-0.05, 0) is 13.0 Å². The van der Waals surface area contributed by atoms with Crippen LogP contribution in [0, 0.1) is 0 Å². The highest BCUT2D eigenvalue weighted by atomic mass is 16.5. The zero-order valence-electron chi connectivity index (χ0n) is 10.5. The monoisotopic (exact) mass is 250 g/mol. The molecular formula is C12H14N2O4. The molecule has 0 unspecified atom stereocenters. The molecule has 1 rings (SSSR count). The van der Waals surface area contributed by atoms with Gasteiger partial charge in [-0.15, -0.1) is 0 Å². The van der Waals surface area contributed by atoms with Gasteiger partial charge in [-0.3, -0.25) is 14.6 Å². The molecule has 18 heavy (non-hydrogen) atoms. The van der Waals surface area contributed by atoms with E-state index in [1.54, 1.807) is 0 Å². The number of hydrogen-bond donors (Lipinski definition) is 0. The minimum atomic E-state index is -0.583. The predicted octanol–water partition coefficient (Wildman–Crippen LogP) is 0.810. The van der Waals surface area contributed by atoms with E-state index in [0.29, 0.717) is 5.69 Å². The summed E-state index contributed by atoms with van der Waals surface area (Å²) in [7, 11) is 2.74. The number of methoxy groups -OCH3 is 1. The van der Waals surface area contributed by atoms with Crippen molar-refractivity contribution in [1.29, 1.82) is 0 Å². The molecule has 1 heterocycles. The van der Waals surface area contributed by atoms with Crippen molar-refractivity contribution < 1.29 is 19.1 Å². The predicted molar refractivity (Wildman–Crippen MR) is 64.3 cm³/mol. The maximum absolute atomic E-state index is 11.7. The van der Waals surface area contributed by atoms with Crippen LogP contribution in [0.15, 0.2) is 18.5 Å². The van der Waals surface area contributed by atoms with Crippen molar-refractivity contribution in [1.82, 2.24) is 4.98 Å². The molecule has 0 radical (unpaired) electrons. The van der Waals surface area contributed by atoms with E-state index in [-0.39, 0.29) is 23.7 Å². The fourth-order valence-corrected chi connectivity index (χ4v) is 1.41. The van der Waals surface area contributed by atoms with Gasteiger partial charge in [0, 0.05) is 19.4 Å². The number of esters is 1. The molecule has 1 aromatic rings. The number of anilines is 1. The van der Waals surface area contributed by atoms with Crippen molar-refractivity contribution in [2.45, 2.75) is 13.3 Å². The van der Waals surface area contributed by atoms with Crippen molar-refractivity contribution in [3.05, 3.63) is 24.0 Å². The zero-order chi connectivity index (χ0) is 13.7. The van der Waals surface area contributed by atoms with Gasteiger partial charge in [0.25, 0.3) is 0 Å². The van der Waals surface area contributed by atoms with Gasteiger partial charge in [-0.25, -0.2) is 4.79 Å². The molecule has 0 fully saturated rings. The third-order valence-corrected chi connectivity index (χ3v) is 2.34. The van der Waals surface area contributed by atoms with Crippen molar-refractivity contribution in [2.75, 3.05) is 19.1 Å². The number of rotatable bonds is 4. The van der Waals surface area contributed by atoms with Gasteiger partial charge in [-0.2, -0.15) is 0 Å². The molecule has 0 aliphatic heterocycles. The van der Waals surface area contributed by atoms with Gasteiger partial charge in [0.1, 0.15) is 11.3 Å². The molecule has 0 saturated heterocycles. The van der Waals surface area contributed by atoms with Crippen LogP contribution in [-0.2, 0) is 14.3 Å². The summed E-state index contributed by atoms with van der Waals surface area (Å²) >= 11 is 0. The highest BCUT2D eigenvalue weighted by molar-refractivity contribution is 6.07. The lowest BCUT2D eigenvalue weighted by Crippen LogP contribution is -2.29. The quantitative estimate of drug-likeness (QED) is 0.583. The lowest BCUT2D eigenvalue weighted by molar-refractivity contribution is -0.125. The summed E-state index contributed by atoms with van der Waals surface area (Å²) in [6.45, 7) is 1.33. The second kappa shape index (κ2) is 5.90. The number of carbonyl (C=O) groups is 3. The Morgan fingerprint density at radius 3 is 2.61 bits per heavy atom. The summed E-state index contributed by atoms with van der Waals surface area (Å²) in [6, 6.07) is 1.52. The number of ether oxygens (including phenoxy) is 1. The van der Waals surface area contributed by atoms with E-state index in [4.69, 9.17) is 0 Å². The normalized spacial score (nSPS) is 9.72. The van der Waals surface area contributed by atoms with Crippen LogP contribution in [0.4, 0.5) is 5.69 Å². The van der Waals surface area contributed by atoms with Crippen molar-refractivity contribution in [3.63, 3.8) is 0 Å². The third kappa shape index (κ3) is 3.13. The second-order valence-electron chi connectivity index (χ2n) is 3.72. The number of nitrogens with zero attached hydrogens (tertiary/aromatic N) is 2. The second-order valence-corrected chi connectivity index (χ2v) is 3.72. The van der Waals surface area contributed by atoms with Crippen LogP contribution in [-0.4, -0.2) is 36.8 Å². The molecule has 6 heteroatoms. The number of pyridine rings is 1. The van der Waals surface area contributed by atoms with E-state index < -0.39 is 5.97 Å². The average molecular weight is 250 g/mol. The highest BCUT2D eigenvalue weighted by Gasteiger charge is 2.19. The minimum absolute atomic E-state index is 0.180. The lowest BCUT2D eigenvalue weighted by atomic mass is 10.2. The molecule has 0 aromatic carbocycles. The van der Waals surface area contributed by atoms with E-state index in [1.165, 1.54) is 44.4 Å². The topological polar surface area (TPSA) is 76.6 Å². The maximum Gasteiger partial charge on any atom is 0.341 e. The summed E-state index contributed by atoms with van der Waals surface area (Å²) in [5.74, 6) is -1.21. The molecule has 0 bridgehead atoms. The van der Waals surface area contributed by atoms with E-state index in [1.807, 2.05) is 0 Å². The summed E-state index contributed by atoms with van der Waals surface area (Å²) < 4.78 is 4.60. The van der Waals surface area contributed by atoms with Crippen molar-refractivity contribution >= 4 is 23.3 Å². The Kier molecular flexibility index (Phi) is 4.53. The minimum Gasteiger partial charge on any atom is -0.465 e. The summed E-state index contributed by atoms with van der Waals surface area (Å²) in [5.41, 5.74) is 0.544. The Morgan fingerprint density at radius 2 is 2.06 bits per heavy atom. The van der Waals surface area contributed by atoms with Crippen LogP contribution in [0.25, 0.3) is 0 Å². The Morgan fingerprint density at radius 1 is 1.39 bits per heavy atom. The van der Waals surface area contributed by atoms with Crippen molar-refractivity contribution in [3.8, 4) is 0 Å². The van der Waals surface area contributed by atoms with E-state index in [0.717, 1.165) is 0 Å². The van der Waals surface area contributed by atoms with E-state index in [2.05, 4.69) is 9.72 Å². The largest absolute Gasteiger partial charge is 0.465 e. The Hall–Kier alpha value is -2.24. The third-order valence-electron chi connectivity index (χ3n) is 2.34. The fourth-order valence-electron chi connectivity index (χ4n) is 1.41. The van der Waals surface area contributed by atoms with Gasteiger partial charge < -0.3 is 9.64 Å².